The van der Waals surface area contributed by atoms with Crippen LogP contribution in [0.5, 0.6) is 5.75 Å². The number of benzene rings is 1. The summed E-state index contributed by atoms with van der Waals surface area (Å²) in [5.41, 5.74) is 3.33. The third-order valence-electron chi connectivity index (χ3n) is 4.67. The number of methoxy groups -OCH3 is 1. The molecule has 2 aromatic rings. The predicted molar refractivity (Wildman–Crippen MR) is 83.0 cm³/mol. The van der Waals surface area contributed by atoms with E-state index in [0.717, 1.165) is 42.0 Å². The number of amides is 1. The van der Waals surface area contributed by atoms with Gasteiger partial charge in [-0.15, -0.1) is 0 Å². The van der Waals surface area contributed by atoms with E-state index in [-0.39, 0.29) is 5.91 Å². The number of nitrogens with zero attached hydrogens (tertiary/aromatic N) is 3. The van der Waals surface area contributed by atoms with Gasteiger partial charge in [-0.05, 0) is 30.5 Å². The Morgan fingerprint density at radius 3 is 3.04 bits per heavy atom. The molecular formula is C17H19N3O3. The van der Waals surface area contributed by atoms with Gasteiger partial charge in [-0.3, -0.25) is 9.48 Å². The summed E-state index contributed by atoms with van der Waals surface area (Å²) < 4.78 is 7.14. The van der Waals surface area contributed by atoms with Crippen LogP contribution in [0.25, 0.3) is 0 Å². The molecular weight excluding hydrogens is 294 g/mol. The summed E-state index contributed by atoms with van der Waals surface area (Å²) in [6.07, 6.45) is 1.09. The van der Waals surface area contributed by atoms with E-state index in [2.05, 4.69) is 5.10 Å². The van der Waals surface area contributed by atoms with Crippen LogP contribution in [-0.4, -0.2) is 32.8 Å². The van der Waals surface area contributed by atoms with E-state index < -0.39 is 6.10 Å². The number of aliphatic hydroxyl groups is 1. The number of rotatable bonds is 2. The van der Waals surface area contributed by atoms with Crippen LogP contribution in [0.15, 0.2) is 24.3 Å². The van der Waals surface area contributed by atoms with Gasteiger partial charge in [-0.25, -0.2) is 0 Å². The third kappa shape index (κ3) is 2.30. The highest BCUT2D eigenvalue weighted by Crippen LogP contribution is 2.32. The largest absolute Gasteiger partial charge is 0.496 e. The third-order valence-corrected chi connectivity index (χ3v) is 4.67. The molecule has 1 N–H and O–H groups in total. The van der Waals surface area contributed by atoms with Crippen molar-refractivity contribution in [2.24, 2.45) is 0 Å². The number of ether oxygens (including phenoxy) is 1. The first-order valence-electron chi connectivity index (χ1n) is 7.87. The molecule has 1 aromatic carbocycles. The fourth-order valence-electron chi connectivity index (χ4n) is 3.45. The standard InChI is InChI=1S/C17H19N3O3/c1-23-16-6-2-4-11-9-19(10-12(11)16)17(22)13-8-14-15(21)5-3-7-20(14)18-13/h2,4,6,8,15,21H,3,5,7,9-10H2,1H3. The van der Waals surface area contributed by atoms with Gasteiger partial charge in [-0.2, -0.15) is 5.10 Å². The molecule has 1 aromatic heterocycles. The maximum Gasteiger partial charge on any atom is 0.274 e. The van der Waals surface area contributed by atoms with Crippen molar-refractivity contribution in [2.45, 2.75) is 38.6 Å². The molecule has 120 valence electrons. The molecule has 0 spiro atoms. The molecule has 0 bridgehead atoms. The Hall–Kier alpha value is -2.34. The summed E-state index contributed by atoms with van der Waals surface area (Å²) in [4.78, 5) is 14.5. The lowest BCUT2D eigenvalue weighted by molar-refractivity contribution is 0.0743. The van der Waals surface area contributed by atoms with Crippen LogP contribution in [0, 0.1) is 0 Å². The molecule has 2 aliphatic heterocycles. The average molecular weight is 313 g/mol. The second-order valence-corrected chi connectivity index (χ2v) is 6.09. The minimum atomic E-state index is -0.520. The van der Waals surface area contributed by atoms with Crippen LogP contribution < -0.4 is 4.74 Å². The van der Waals surface area contributed by atoms with Crippen molar-refractivity contribution in [2.75, 3.05) is 7.11 Å². The first kappa shape index (κ1) is 14.3. The molecule has 1 amide bonds. The van der Waals surface area contributed by atoms with E-state index >= 15 is 0 Å². The fraction of sp³-hybridized carbons (Fsp3) is 0.412. The lowest BCUT2D eigenvalue weighted by Gasteiger charge is -2.18. The zero-order chi connectivity index (χ0) is 16.0. The lowest BCUT2D eigenvalue weighted by atomic mass is 10.1. The summed E-state index contributed by atoms with van der Waals surface area (Å²) in [6, 6.07) is 7.61. The highest BCUT2D eigenvalue weighted by molar-refractivity contribution is 5.92. The van der Waals surface area contributed by atoms with Crippen LogP contribution in [0.2, 0.25) is 0 Å². The molecule has 4 rings (SSSR count). The van der Waals surface area contributed by atoms with Crippen LogP contribution in [0.4, 0.5) is 0 Å². The van der Waals surface area contributed by atoms with Crippen molar-refractivity contribution in [1.82, 2.24) is 14.7 Å². The van der Waals surface area contributed by atoms with Crippen molar-refractivity contribution in [1.29, 1.82) is 0 Å². The molecule has 23 heavy (non-hydrogen) atoms. The van der Waals surface area contributed by atoms with Crippen LogP contribution in [0.3, 0.4) is 0 Å². The Morgan fingerprint density at radius 1 is 1.39 bits per heavy atom. The smallest absolute Gasteiger partial charge is 0.274 e. The first-order chi connectivity index (χ1) is 11.2. The number of carbonyl (C=O) groups excluding carboxylic acids is 1. The normalized spacial score (nSPS) is 19.4. The molecule has 1 atom stereocenters. The van der Waals surface area contributed by atoms with Crippen molar-refractivity contribution >= 4 is 5.91 Å². The van der Waals surface area contributed by atoms with Gasteiger partial charge in [0, 0.05) is 18.7 Å². The topological polar surface area (TPSA) is 67.6 Å². The summed E-state index contributed by atoms with van der Waals surface area (Å²) in [7, 11) is 1.64. The molecule has 0 radical (unpaired) electrons. The van der Waals surface area contributed by atoms with E-state index in [1.54, 1.807) is 22.8 Å². The van der Waals surface area contributed by atoms with Gasteiger partial charge in [0.05, 0.1) is 25.5 Å². The summed E-state index contributed by atoms with van der Waals surface area (Å²) in [5, 5.41) is 14.4. The highest BCUT2D eigenvalue weighted by Gasteiger charge is 2.30. The number of carbonyl (C=O) groups is 1. The molecule has 0 saturated heterocycles. The zero-order valence-electron chi connectivity index (χ0n) is 13.0. The molecule has 3 heterocycles. The fourth-order valence-corrected chi connectivity index (χ4v) is 3.45. The van der Waals surface area contributed by atoms with Crippen molar-refractivity contribution in [3.63, 3.8) is 0 Å². The maximum atomic E-state index is 12.8. The Kier molecular flexibility index (Phi) is 3.34. The van der Waals surface area contributed by atoms with Gasteiger partial charge >= 0.3 is 0 Å². The second kappa shape index (κ2) is 5.38. The van der Waals surface area contributed by atoms with Crippen molar-refractivity contribution in [3.8, 4) is 5.75 Å². The van der Waals surface area contributed by atoms with Crippen LogP contribution in [-0.2, 0) is 19.6 Å². The van der Waals surface area contributed by atoms with Crippen LogP contribution >= 0.6 is 0 Å². The monoisotopic (exact) mass is 313 g/mol. The zero-order valence-corrected chi connectivity index (χ0v) is 13.0. The van der Waals surface area contributed by atoms with Gasteiger partial charge in [0.2, 0.25) is 0 Å². The van der Waals surface area contributed by atoms with Crippen LogP contribution in [0.1, 0.15) is 46.3 Å². The average Bonchev–Trinajstić information content (AvgIpc) is 3.18. The Labute approximate surface area is 134 Å². The van der Waals surface area contributed by atoms with E-state index in [0.29, 0.717) is 18.8 Å². The summed E-state index contributed by atoms with van der Waals surface area (Å²) >= 11 is 0. The maximum absolute atomic E-state index is 12.8. The van der Waals surface area contributed by atoms with Gasteiger partial charge in [-0.1, -0.05) is 12.1 Å². The Bertz CT molecular complexity index is 768. The van der Waals surface area contributed by atoms with Gasteiger partial charge in [0.15, 0.2) is 5.69 Å². The summed E-state index contributed by atoms with van der Waals surface area (Å²) in [5.74, 6) is 0.717. The minimum Gasteiger partial charge on any atom is -0.496 e. The summed E-state index contributed by atoms with van der Waals surface area (Å²) in [6.45, 7) is 1.85. The number of fused-ring (bicyclic) bond motifs is 2. The number of aliphatic hydroxyl groups excluding tert-OH is 1. The van der Waals surface area contributed by atoms with Crippen molar-refractivity contribution in [3.05, 3.63) is 46.8 Å². The van der Waals surface area contributed by atoms with E-state index in [4.69, 9.17) is 4.74 Å². The number of hydrogen-bond acceptors (Lipinski definition) is 4. The Morgan fingerprint density at radius 2 is 2.26 bits per heavy atom. The molecule has 0 aliphatic carbocycles. The van der Waals surface area contributed by atoms with Gasteiger partial charge < -0.3 is 14.7 Å². The molecule has 1 unspecified atom stereocenters. The van der Waals surface area contributed by atoms with E-state index in [9.17, 15) is 9.90 Å². The number of aryl methyl sites for hydroxylation is 1. The minimum absolute atomic E-state index is 0.0997. The first-order valence-corrected chi connectivity index (χ1v) is 7.87. The predicted octanol–water partition coefficient (Wildman–Crippen LogP) is 1.87. The quantitative estimate of drug-likeness (QED) is 0.919. The number of hydrogen-bond donors (Lipinski definition) is 1. The Balaban J connectivity index is 1.60. The molecule has 6 heteroatoms. The van der Waals surface area contributed by atoms with Gasteiger partial charge in [0.1, 0.15) is 5.75 Å². The lowest BCUT2D eigenvalue weighted by Crippen LogP contribution is -2.26. The SMILES string of the molecule is COc1cccc2c1CN(C(=O)c1cc3n(n1)CCCC3O)C2. The molecule has 2 aliphatic rings. The molecule has 0 saturated carbocycles. The number of aromatic nitrogens is 2. The van der Waals surface area contributed by atoms with E-state index in [1.807, 2.05) is 18.2 Å². The second-order valence-electron chi connectivity index (χ2n) is 6.09. The van der Waals surface area contributed by atoms with Crippen molar-refractivity contribution < 1.29 is 14.6 Å². The van der Waals surface area contributed by atoms with Gasteiger partial charge in [0.25, 0.3) is 5.91 Å². The molecule has 0 fully saturated rings. The van der Waals surface area contributed by atoms with E-state index in [1.165, 1.54) is 0 Å². The highest BCUT2D eigenvalue weighted by atomic mass is 16.5. The molecule has 6 nitrogen and oxygen atoms in total.